The topological polar surface area (TPSA) is 41.6 Å². The summed E-state index contributed by atoms with van der Waals surface area (Å²) in [6.07, 6.45) is 6.72. The van der Waals surface area contributed by atoms with Crippen LogP contribution in [-0.2, 0) is 4.79 Å². The summed E-state index contributed by atoms with van der Waals surface area (Å²) >= 11 is 1.62. The van der Waals surface area contributed by atoms with E-state index in [1.54, 1.807) is 18.9 Å². The van der Waals surface area contributed by atoms with Gasteiger partial charge in [0.25, 0.3) is 5.91 Å². The Hall–Kier alpha value is -2.40. The Balaban J connectivity index is 1.62. The van der Waals surface area contributed by atoms with Gasteiger partial charge in [0, 0.05) is 11.7 Å². The Bertz CT molecular complexity index is 866. The number of nitrogens with zero attached hydrogens (tertiary/aromatic N) is 1. The number of anilines is 1. The second-order valence-electron chi connectivity index (χ2n) is 7.80. The summed E-state index contributed by atoms with van der Waals surface area (Å²) in [6.45, 7) is 2.28. The first-order valence-corrected chi connectivity index (χ1v) is 11.2. The Morgan fingerprint density at radius 2 is 1.79 bits per heavy atom. The Morgan fingerprint density at radius 3 is 2.48 bits per heavy atom. The van der Waals surface area contributed by atoms with Gasteiger partial charge in [-0.25, -0.2) is 0 Å². The van der Waals surface area contributed by atoms with E-state index in [4.69, 9.17) is 4.74 Å². The molecule has 1 aliphatic carbocycles. The average Bonchev–Trinajstić information content (AvgIpc) is 3.04. The van der Waals surface area contributed by atoms with Crippen molar-refractivity contribution >= 4 is 29.4 Å². The van der Waals surface area contributed by atoms with Crippen molar-refractivity contribution in [3.8, 4) is 5.75 Å². The van der Waals surface area contributed by atoms with Crippen LogP contribution in [0.25, 0.3) is 6.08 Å². The molecule has 0 radical (unpaired) electrons. The molecule has 4 rings (SSSR count). The van der Waals surface area contributed by atoms with E-state index in [2.05, 4.69) is 29.3 Å². The van der Waals surface area contributed by atoms with E-state index in [1.807, 2.05) is 48.5 Å². The third-order valence-corrected chi connectivity index (χ3v) is 6.95. The van der Waals surface area contributed by atoms with E-state index in [0.29, 0.717) is 5.92 Å². The van der Waals surface area contributed by atoms with Gasteiger partial charge in [0.1, 0.15) is 5.75 Å². The molecule has 1 unspecified atom stereocenters. The van der Waals surface area contributed by atoms with Gasteiger partial charge in [0.2, 0.25) is 0 Å². The molecule has 2 fully saturated rings. The summed E-state index contributed by atoms with van der Waals surface area (Å²) in [5.74, 6) is 1.48. The lowest BCUT2D eigenvalue weighted by Crippen LogP contribution is -2.48. The molecular weight excluding hydrogens is 380 g/mol. The quantitative estimate of drug-likeness (QED) is 0.655. The monoisotopic (exact) mass is 408 g/mol. The van der Waals surface area contributed by atoms with Crippen molar-refractivity contribution in [1.82, 2.24) is 4.90 Å². The van der Waals surface area contributed by atoms with Crippen molar-refractivity contribution in [2.45, 2.75) is 44.1 Å². The third kappa shape index (κ3) is 4.45. The number of hydrogen-bond acceptors (Lipinski definition) is 4. The molecule has 2 aromatic carbocycles. The van der Waals surface area contributed by atoms with Crippen LogP contribution in [-0.4, -0.2) is 29.5 Å². The van der Waals surface area contributed by atoms with Crippen molar-refractivity contribution in [2.75, 3.05) is 12.4 Å². The van der Waals surface area contributed by atoms with Crippen molar-refractivity contribution in [3.63, 3.8) is 0 Å². The molecule has 1 amide bonds. The summed E-state index contributed by atoms with van der Waals surface area (Å²) in [4.78, 5) is 16.3. The number of amides is 1. The van der Waals surface area contributed by atoms with Gasteiger partial charge in [-0.3, -0.25) is 4.79 Å². The fourth-order valence-corrected chi connectivity index (χ4v) is 5.43. The van der Waals surface area contributed by atoms with Gasteiger partial charge in [-0.2, -0.15) is 0 Å². The van der Waals surface area contributed by atoms with Crippen molar-refractivity contribution in [1.29, 1.82) is 0 Å². The maximum atomic E-state index is 13.5. The van der Waals surface area contributed by atoms with E-state index in [9.17, 15) is 4.79 Å². The highest BCUT2D eigenvalue weighted by Gasteiger charge is 2.42. The van der Waals surface area contributed by atoms with Gasteiger partial charge >= 0.3 is 0 Å². The predicted octanol–water partition coefficient (Wildman–Crippen LogP) is 5.59. The molecule has 0 spiro atoms. The first kappa shape index (κ1) is 19.9. The third-order valence-electron chi connectivity index (χ3n) is 5.84. The Labute approximate surface area is 177 Å². The van der Waals surface area contributed by atoms with Crippen LogP contribution in [0.2, 0.25) is 0 Å². The van der Waals surface area contributed by atoms with Crippen LogP contribution in [0, 0.1) is 5.92 Å². The minimum Gasteiger partial charge on any atom is -0.497 e. The second-order valence-corrected chi connectivity index (χ2v) is 8.93. The maximum Gasteiger partial charge on any atom is 0.262 e. The molecule has 1 N–H and O–H groups in total. The molecule has 5 heteroatoms. The average molecular weight is 409 g/mol. The van der Waals surface area contributed by atoms with Gasteiger partial charge < -0.3 is 15.0 Å². The Morgan fingerprint density at radius 1 is 1.07 bits per heavy atom. The minimum absolute atomic E-state index is 0.0834. The van der Waals surface area contributed by atoms with E-state index < -0.39 is 0 Å². The number of carbonyl (C=O) groups excluding carboxylic acids is 1. The van der Waals surface area contributed by atoms with Gasteiger partial charge in [-0.15, -0.1) is 0 Å². The van der Waals surface area contributed by atoms with E-state index in [0.717, 1.165) is 28.3 Å². The van der Waals surface area contributed by atoms with Crippen molar-refractivity contribution in [3.05, 3.63) is 65.1 Å². The molecule has 1 saturated carbocycles. The van der Waals surface area contributed by atoms with Crippen LogP contribution in [0.4, 0.5) is 5.69 Å². The number of thioether (sulfide) groups is 1. The summed E-state index contributed by atoms with van der Waals surface area (Å²) in [5.41, 5.74) is 1.97. The first-order chi connectivity index (χ1) is 14.2. The fraction of sp³-hybridized carbons (Fsp3) is 0.375. The van der Waals surface area contributed by atoms with Crippen LogP contribution >= 0.6 is 11.8 Å². The first-order valence-electron chi connectivity index (χ1n) is 10.3. The molecule has 29 heavy (non-hydrogen) atoms. The van der Waals surface area contributed by atoms with Crippen molar-refractivity contribution in [2.24, 2.45) is 5.92 Å². The Kier molecular flexibility index (Phi) is 6.14. The number of benzene rings is 2. The maximum absolute atomic E-state index is 13.5. The van der Waals surface area contributed by atoms with Gasteiger partial charge in [0.15, 0.2) is 5.50 Å². The normalized spacial score (nSPS) is 26.0. The summed E-state index contributed by atoms with van der Waals surface area (Å²) < 4.78 is 5.24. The van der Waals surface area contributed by atoms with E-state index in [1.165, 1.54) is 19.3 Å². The zero-order valence-electron chi connectivity index (χ0n) is 17.0. The number of nitrogens with one attached hydrogen (secondary N) is 1. The van der Waals surface area contributed by atoms with Crippen LogP contribution in [0.5, 0.6) is 5.75 Å². The zero-order valence-corrected chi connectivity index (χ0v) is 17.8. The standard InChI is InChI=1S/C24H28N2O2S/c1-17-8-6-7-11-21(17)26-23(27)22(16-18-12-14-20(28-2)15-13-18)29-24(26)25-19-9-4-3-5-10-19/h3-5,9-10,12-17,21,24-25H,6-8,11H2,1-2H3/b22-16-/t17-,21+,24?/m0/s1. The SMILES string of the molecule is COc1ccc(/C=C2\SC(Nc3ccccc3)N([C@@H]3CCCC[C@@H]3C)C2=O)cc1. The number of methoxy groups -OCH3 is 1. The molecule has 1 aliphatic heterocycles. The molecule has 2 aromatic rings. The van der Waals surface area contributed by atoms with E-state index in [-0.39, 0.29) is 17.4 Å². The summed E-state index contributed by atoms with van der Waals surface area (Å²) in [5, 5.41) is 3.58. The second kappa shape index (κ2) is 8.95. The number of carbonyl (C=O) groups is 1. The number of ether oxygens (including phenoxy) is 1. The number of para-hydroxylation sites is 1. The van der Waals surface area contributed by atoms with E-state index >= 15 is 0 Å². The molecule has 0 aromatic heterocycles. The molecule has 4 nitrogen and oxygen atoms in total. The fourth-order valence-electron chi connectivity index (χ4n) is 4.22. The predicted molar refractivity (Wildman–Crippen MR) is 121 cm³/mol. The summed E-state index contributed by atoms with van der Waals surface area (Å²) in [6, 6.07) is 18.3. The number of rotatable bonds is 5. The van der Waals surface area contributed by atoms with Crippen molar-refractivity contribution < 1.29 is 9.53 Å². The molecule has 152 valence electrons. The highest BCUT2D eigenvalue weighted by molar-refractivity contribution is 8.05. The lowest BCUT2D eigenvalue weighted by molar-refractivity contribution is -0.129. The van der Waals surface area contributed by atoms with Gasteiger partial charge in [-0.05, 0) is 54.7 Å². The lowest BCUT2D eigenvalue weighted by Gasteiger charge is -2.39. The highest BCUT2D eigenvalue weighted by atomic mass is 32.2. The van der Waals surface area contributed by atoms with Gasteiger partial charge in [-0.1, -0.05) is 61.9 Å². The smallest absolute Gasteiger partial charge is 0.262 e. The molecule has 2 aliphatic rings. The summed E-state index contributed by atoms with van der Waals surface area (Å²) in [7, 11) is 1.66. The molecule has 3 atom stereocenters. The molecule has 1 heterocycles. The molecule has 0 bridgehead atoms. The van der Waals surface area contributed by atoms with Crippen LogP contribution < -0.4 is 10.1 Å². The number of hydrogen-bond donors (Lipinski definition) is 1. The van der Waals surface area contributed by atoms with Crippen LogP contribution in [0.15, 0.2) is 59.5 Å². The van der Waals surface area contributed by atoms with Crippen LogP contribution in [0.1, 0.15) is 38.2 Å². The highest BCUT2D eigenvalue weighted by Crippen LogP contribution is 2.42. The zero-order chi connectivity index (χ0) is 20.2. The largest absolute Gasteiger partial charge is 0.497 e. The lowest BCUT2D eigenvalue weighted by atomic mass is 9.85. The molecular formula is C24H28N2O2S. The minimum atomic E-state index is -0.0834. The van der Waals surface area contributed by atoms with Crippen LogP contribution in [0.3, 0.4) is 0 Å². The van der Waals surface area contributed by atoms with Gasteiger partial charge in [0.05, 0.1) is 12.0 Å². The molecule has 1 saturated heterocycles.